The standard InChI is InChI=1S/C9H16O2/c1-7-2-8-4-11-6-9(8)5-10-3-7/h7-9H,2-6H2,1H3. The van der Waals surface area contributed by atoms with Crippen molar-refractivity contribution < 1.29 is 9.47 Å². The van der Waals surface area contributed by atoms with Crippen LogP contribution < -0.4 is 0 Å². The van der Waals surface area contributed by atoms with E-state index in [9.17, 15) is 0 Å². The molecule has 0 aliphatic carbocycles. The fourth-order valence-corrected chi connectivity index (χ4v) is 2.09. The van der Waals surface area contributed by atoms with Gasteiger partial charge in [-0.1, -0.05) is 6.92 Å². The van der Waals surface area contributed by atoms with E-state index in [0.29, 0.717) is 5.92 Å². The molecule has 2 nitrogen and oxygen atoms in total. The molecule has 2 aliphatic rings. The zero-order valence-corrected chi connectivity index (χ0v) is 7.08. The third-order valence-electron chi connectivity index (χ3n) is 2.77. The van der Waals surface area contributed by atoms with E-state index in [1.165, 1.54) is 6.42 Å². The van der Waals surface area contributed by atoms with Crippen LogP contribution in [0.2, 0.25) is 0 Å². The van der Waals surface area contributed by atoms with Crippen LogP contribution in [-0.2, 0) is 9.47 Å². The van der Waals surface area contributed by atoms with E-state index in [1.54, 1.807) is 0 Å². The second kappa shape index (κ2) is 3.11. The highest BCUT2D eigenvalue weighted by Crippen LogP contribution is 2.30. The lowest BCUT2D eigenvalue weighted by atomic mass is 9.89. The molecule has 0 bridgehead atoms. The molecule has 2 heterocycles. The van der Waals surface area contributed by atoms with Crippen LogP contribution >= 0.6 is 0 Å². The minimum Gasteiger partial charge on any atom is -0.381 e. The van der Waals surface area contributed by atoms with Crippen molar-refractivity contribution in [3.05, 3.63) is 0 Å². The Balaban J connectivity index is 1.98. The largest absolute Gasteiger partial charge is 0.381 e. The fraction of sp³-hybridized carbons (Fsp3) is 1.00. The molecule has 2 heteroatoms. The molecule has 0 N–H and O–H groups in total. The van der Waals surface area contributed by atoms with Crippen LogP contribution in [0.4, 0.5) is 0 Å². The van der Waals surface area contributed by atoms with Gasteiger partial charge in [-0.3, -0.25) is 0 Å². The van der Waals surface area contributed by atoms with Crippen LogP contribution in [0, 0.1) is 17.8 Å². The molecule has 0 aromatic carbocycles. The van der Waals surface area contributed by atoms with E-state index < -0.39 is 0 Å². The monoisotopic (exact) mass is 156 g/mol. The van der Waals surface area contributed by atoms with Crippen LogP contribution in [0.15, 0.2) is 0 Å². The van der Waals surface area contributed by atoms with Gasteiger partial charge in [-0.05, 0) is 18.3 Å². The van der Waals surface area contributed by atoms with Crippen molar-refractivity contribution in [3.8, 4) is 0 Å². The fourth-order valence-electron chi connectivity index (χ4n) is 2.09. The maximum absolute atomic E-state index is 5.54. The van der Waals surface area contributed by atoms with Crippen molar-refractivity contribution in [2.75, 3.05) is 26.4 Å². The van der Waals surface area contributed by atoms with E-state index >= 15 is 0 Å². The Labute approximate surface area is 67.9 Å². The predicted octanol–water partition coefficient (Wildman–Crippen LogP) is 1.31. The van der Waals surface area contributed by atoms with Crippen molar-refractivity contribution in [2.24, 2.45) is 17.8 Å². The van der Waals surface area contributed by atoms with Crippen LogP contribution in [0.1, 0.15) is 13.3 Å². The van der Waals surface area contributed by atoms with Crippen molar-refractivity contribution in [1.82, 2.24) is 0 Å². The molecule has 2 rings (SSSR count). The summed E-state index contributed by atoms with van der Waals surface area (Å²) in [6, 6.07) is 0. The predicted molar refractivity (Wildman–Crippen MR) is 42.4 cm³/mol. The molecule has 11 heavy (non-hydrogen) atoms. The lowest BCUT2D eigenvalue weighted by molar-refractivity contribution is 0.0818. The Morgan fingerprint density at radius 1 is 0.909 bits per heavy atom. The molecule has 2 aliphatic heterocycles. The molecule has 0 spiro atoms. The number of rotatable bonds is 0. The molecule has 0 aromatic rings. The summed E-state index contributed by atoms with van der Waals surface area (Å²) < 4.78 is 11.0. The van der Waals surface area contributed by atoms with Crippen LogP contribution in [0.25, 0.3) is 0 Å². The van der Waals surface area contributed by atoms with Gasteiger partial charge in [-0.25, -0.2) is 0 Å². The molecule has 2 fully saturated rings. The third kappa shape index (κ3) is 1.57. The van der Waals surface area contributed by atoms with Crippen LogP contribution in [0.3, 0.4) is 0 Å². The van der Waals surface area contributed by atoms with Gasteiger partial charge in [0.05, 0.1) is 13.2 Å². The Morgan fingerprint density at radius 3 is 2.36 bits per heavy atom. The molecule has 64 valence electrons. The highest BCUT2D eigenvalue weighted by Gasteiger charge is 2.31. The molecule has 0 amide bonds. The van der Waals surface area contributed by atoms with Gasteiger partial charge in [0.15, 0.2) is 0 Å². The number of hydrogen-bond donors (Lipinski definition) is 0. The summed E-state index contributed by atoms with van der Waals surface area (Å²) in [6.45, 7) is 6.04. The minimum atomic E-state index is 0.694. The summed E-state index contributed by atoms with van der Waals surface area (Å²) in [5.74, 6) is 2.21. The molecular weight excluding hydrogens is 140 g/mol. The maximum Gasteiger partial charge on any atom is 0.0519 e. The maximum atomic E-state index is 5.54. The lowest BCUT2D eigenvalue weighted by Gasteiger charge is -2.12. The Kier molecular flexibility index (Phi) is 2.14. The van der Waals surface area contributed by atoms with Crippen LogP contribution in [-0.4, -0.2) is 26.4 Å². The highest BCUT2D eigenvalue weighted by molar-refractivity contribution is 4.78. The average Bonchev–Trinajstić information content (AvgIpc) is 2.31. The van der Waals surface area contributed by atoms with Gasteiger partial charge >= 0.3 is 0 Å². The second-order valence-electron chi connectivity index (χ2n) is 3.94. The molecule has 3 unspecified atom stereocenters. The van der Waals surface area contributed by atoms with E-state index in [0.717, 1.165) is 38.3 Å². The molecule has 0 aromatic heterocycles. The first-order chi connectivity index (χ1) is 5.36. The zero-order valence-electron chi connectivity index (χ0n) is 7.08. The number of fused-ring (bicyclic) bond motifs is 1. The Bertz CT molecular complexity index is 136. The average molecular weight is 156 g/mol. The van der Waals surface area contributed by atoms with Crippen molar-refractivity contribution in [3.63, 3.8) is 0 Å². The van der Waals surface area contributed by atoms with Gasteiger partial charge < -0.3 is 9.47 Å². The minimum absolute atomic E-state index is 0.694. The summed E-state index contributed by atoms with van der Waals surface area (Å²) in [5, 5.41) is 0. The molecule has 3 atom stereocenters. The molecular formula is C9H16O2. The zero-order chi connectivity index (χ0) is 7.68. The Hall–Kier alpha value is -0.0800. The van der Waals surface area contributed by atoms with E-state index in [2.05, 4.69) is 6.92 Å². The smallest absolute Gasteiger partial charge is 0.0519 e. The summed E-state index contributed by atoms with van der Waals surface area (Å²) in [7, 11) is 0. The molecule has 0 radical (unpaired) electrons. The topological polar surface area (TPSA) is 18.5 Å². The molecule has 0 saturated carbocycles. The summed E-state index contributed by atoms with van der Waals surface area (Å²) in [6.07, 6.45) is 1.30. The quantitative estimate of drug-likeness (QED) is 0.526. The summed E-state index contributed by atoms with van der Waals surface area (Å²) >= 11 is 0. The first kappa shape index (κ1) is 7.56. The first-order valence-corrected chi connectivity index (χ1v) is 4.51. The van der Waals surface area contributed by atoms with Gasteiger partial charge in [-0.15, -0.1) is 0 Å². The van der Waals surface area contributed by atoms with Crippen molar-refractivity contribution >= 4 is 0 Å². The number of hydrogen-bond acceptors (Lipinski definition) is 2. The van der Waals surface area contributed by atoms with Gasteiger partial charge in [0, 0.05) is 19.1 Å². The highest BCUT2D eigenvalue weighted by atomic mass is 16.5. The van der Waals surface area contributed by atoms with Crippen LogP contribution in [0.5, 0.6) is 0 Å². The van der Waals surface area contributed by atoms with Crippen molar-refractivity contribution in [2.45, 2.75) is 13.3 Å². The van der Waals surface area contributed by atoms with E-state index in [4.69, 9.17) is 9.47 Å². The summed E-state index contributed by atoms with van der Waals surface area (Å²) in [5.41, 5.74) is 0. The van der Waals surface area contributed by atoms with Gasteiger partial charge in [0.25, 0.3) is 0 Å². The Morgan fingerprint density at radius 2 is 1.55 bits per heavy atom. The molecule has 2 saturated heterocycles. The van der Waals surface area contributed by atoms with E-state index in [1.807, 2.05) is 0 Å². The second-order valence-corrected chi connectivity index (χ2v) is 3.94. The van der Waals surface area contributed by atoms with Gasteiger partial charge in [0.2, 0.25) is 0 Å². The normalized spacial score (nSPS) is 45.0. The van der Waals surface area contributed by atoms with E-state index in [-0.39, 0.29) is 0 Å². The SMILES string of the molecule is CC1COCC2COCC2C1. The lowest BCUT2D eigenvalue weighted by Crippen LogP contribution is -2.15. The summed E-state index contributed by atoms with van der Waals surface area (Å²) in [4.78, 5) is 0. The first-order valence-electron chi connectivity index (χ1n) is 4.51. The third-order valence-corrected chi connectivity index (χ3v) is 2.77. The number of ether oxygens (including phenoxy) is 2. The van der Waals surface area contributed by atoms with Gasteiger partial charge in [0.1, 0.15) is 0 Å². The van der Waals surface area contributed by atoms with Crippen molar-refractivity contribution in [1.29, 1.82) is 0 Å². The van der Waals surface area contributed by atoms with Gasteiger partial charge in [-0.2, -0.15) is 0 Å².